The predicted molar refractivity (Wildman–Crippen MR) is 103 cm³/mol. The van der Waals surface area contributed by atoms with E-state index in [0.717, 1.165) is 30.8 Å². The molecule has 1 aromatic carbocycles. The van der Waals surface area contributed by atoms with E-state index in [0.29, 0.717) is 6.04 Å². The molecule has 1 aliphatic rings. The molecule has 0 spiro atoms. The molecule has 1 fully saturated rings. The molecule has 0 radical (unpaired) electrons. The number of hydrogen-bond donors (Lipinski definition) is 1. The Hall–Kier alpha value is -2.40. The molecule has 0 saturated carbocycles. The quantitative estimate of drug-likeness (QED) is 0.637. The first-order valence-corrected chi connectivity index (χ1v) is 9.19. The lowest BCUT2D eigenvalue weighted by Gasteiger charge is -2.25. The summed E-state index contributed by atoms with van der Waals surface area (Å²) in [6.07, 6.45) is 6.70. The lowest BCUT2D eigenvalue weighted by molar-refractivity contribution is -0.134. The van der Waals surface area contributed by atoms with Gasteiger partial charge in [0.05, 0.1) is 12.8 Å². The fourth-order valence-electron chi connectivity index (χ4n) is 3.73. The van der Waals surface area contributed by atoms with Crippen molar-refractivity contribution >= 4 is 12.0 Å². The molecule has 1 N–H and O–H groups in total. The number of benzene rings is 1. The molecule has 0 aliphatic carbocycles. The van der Waals surface area contributed by atoms with E-state index in [9.17, 15) is 4.79 Å². The van der Waals surface area contributed by atoms with Gasteiger partial charge in [-0.1, -0.05) is 24.3 Å². The van der Waals surface area contributed by atoms with Crippen LogP contribution in [0.15, 0.2) is 30.3 Å². The average Bonchev–Trinajstić information content (AvgIpc) is 3.25. The summed E-state index contributed by atoms with van der Waals surface area (Å²) >= 11 is 0. The third-order valence-electron chi connectivity index (χ3n) is 5.23. The topological polar surface area (TPSA) is 58.2 Å². The zero-order chi connectivity index (χ0) is 18.5. The highest BCUT2D eigenvalue weighted by Crippen LogP contribution is 2.32. The fourth-order valence-corrected chi connectivity index (χ4v) is 3.73. The molecule has 1 aliphatic heterocycles. The zero-order valence-electron chi connectivity index (χ0n) is 15.8. The van der Waals surface area contributed by atoms with Crippen LogP contribution in [-0.4, -0.2) is 41.3 Å². The van der Waals surface area contributed by atoms with Crippen LogP contribution in [0.3, 0.4) is 0 Å². The molecule has 0 unspecified atom stereocenters. The summed E-state index contributed by atoms with van der Waals surface area (Å²) in [4.78, 5) is 13.8. The highest BCUT2D eigenvalue weighted by molar-refractivity contribution is 5.86. The number of aromatic amines is 1. The van der Waals surface area contributed by atoms with Crippen molar-refractivity contribution in [3.05, 3.63) is 58.4 Å². The number of rotatable bonds is 6. The Labute approximate surface area is 155 Å². The van der Waals surface area contributed by atoms with Crippen molar-refractivity contribution in [2.24, 2.45) is 0 Å². The predicted octanol–water partition coefficient (Wildman–Crippen LogP) is 3.59. The van der Waals surface area contributed by atoms with Gasteiger partial charge in [-0.2, -0.15) is 5.10 Å². The van der Waals surface area contributed by atoms with Crippen LogP contribution in [-0.2, 0) is 16.0 Å². The first-order chi connectivity index (χ1) is 12.6. The highest BCUT2D eigenvalue weighted by Gasteiger charge is 2.25. The molecule has 3 rings (SSSR count). The molecule has 0 amide bonds. The van der Waals surface area contributed by atoms with Crippen molar-refractivity contribution in [1.82, 2.24) is 15.1 Å². The van der Waals surface area contributed by atoms with Gasteiger partial charge in [-0.05, 0) is 62.4 Å². The Balaban J connectivity index is 1.64. The maximum absolute atomic E-state index is 11.2. The summed E-state index contributed by atoms with van der Waals surface area (Å²) in [5.74, 6) is -0.333. The van der Waals surface area contributed by atoms with E-state index >= 15 is 0 Å². The standard InChI is InChI=1S/C21H27N3O2/c1-15-19(16(2)23-22-15)12-14-24-13-4-5-20(24)18-9-6-17(7-10-18)8-11-21(25)26-3/h6-11,20H,4-5,12-14H2,1-3H3,(H,22,23)/b11-8+/t20-/m0/s1. The zero-order valence-corrected chi connectivity index (χ0v) is 15.8. The fraction of sp³-hybridized carbons (Fsp3) is 0.429. The maximum Gasteiger partial charge on any atom is 0.330 e. The second kappa shape index (κ2) is 8.32. The van der Waals surface area contributed by atoms with E-state index in [-0.39, 0.29) is 5.97 Å². The van der Waals surface area contributed by atoms with Gasteiger partial charge in [-0.3, -0.25) is 10.00 Å². The van der Waals surface area contributed by atoms with Crippen LogP contribution in [0.4, 0.5) is 0 Å². The number of carbonyl (C=O) groups is 1. The number of esters is 1. The van der Waals surface area contributed by atoms with Crippen LogP contribution in [0.1, 0.15) is 47.0 Å². The number of aromatic nitrogens is 2. The first-order valence-electron chi connectivity index (χ1n) is 9.19. The third kappa shape index (κ3) is 4.22. The van der Waals surface area contributed by atoms with Gasteiger partial charge < -0.3 is 4.74 Å². The van der Waals surface area contributed by atoms with E-state index in [2.05, 4.69) is 57.9 Å². The SMILES string of the molecule is COC(=O)/C=C/c1ccc([C@@H]2CCCN2CCc2c(C)n[nH]c2C)cc1. The van der Waals surface area contributed by atoms with Gasteiger partial charge in [0.25, 0.3) is 0 Å². The lowest BCUT2D eigenvalue weighted by atomic mass is 10.0. The summed E-state index contributed by atoms with van der Waals surface area (Å²) < 4.78 is 4.63. The maximum atomic E-state index is 11.2. The number of H-pyrrole nitrogens is 1. The van der Waals surface area contributed by atoms with Crippen LogP contribution in [0, 0.1) is 13.8 Å². The summed E-state index contributed by atoms with van der Waals surface area (Å²) in [5.41, 5.74) is 5.99. The van der Waals surface area contributed by atoms with Gasteiger partial charge >= 0.3 is 5.97 Å². The molecule has 2 heterocycles. The van der Waals surface area contributed by atoms with Crippen LogP contribution in [0.5, 0.6) is 0 Å². The Morgan fingerprint density at radius 2 is 2.12 bits per heavy atom. The molecular formula is C21H27N3O2. The Morgan fingerprint density at radius 1 is 1.35 bits per heavy atom. The molecule has 5 nitrogen and oxygen atoms in total. The van der Waals surface area contributed by atoms with Crippen LogP contribution < -0.4 is 0 Å². The number of aryl methyl sites for hydroxylation is 2. The summed E-state index contributed by atoms with van der Waals surface area (Å²) in [6, 6.07) is 8.95. The van der Waals surface area contributed by atoms with E-state index in [1.54, 1.807) is 6.08 Å². The molecule has 2 aromatic rings. The monoisotopic (exact) mass is 353 g/mol. The Bertz CT molecular complexity index is 758. The summed E-state index contributed by atoms with van der Waals surface area (Å²) in [5, 5.41) is 7.38. The number of hydrogen-bond acceptors (Lipinski definition) is 4. The normalized spacial score (nSPS) is 17.9. The van der Waals surface area contributed by atoms with Gasteiger partial charge in [0.2, 0.25) is 0 Å². The van der Waals surface area contributed by atoms with Crippen LogP contribution >= 0.6 is 0 Å². The van der Waals surface area contributed by atoms with Gasteiger partial charge in [0.15, 0.2) is 0 Å². The average molecular weight is 353 g/mol. The van der Waals surface area contributed by atoms with Gasteiger partial charge in [-0.25, -0.2) is 4.79 Å². The largest absolute Gasteiger partial charge is 0.466 e. The first kappa shape index (κ1) is 18.4. The van der Waals surface area contributed by atoms with E-state index < -0.39 is 0 Å². The van der Waals surface area contributed by atoms with Crippen molar-refractivity contribution in [3.8, 4) is 0 Å². The number of carbonyl (C=O) groups excluding carboxylic acids is 1. The lowest BCUT2D eigenvalue weighted by Crippen LogP contribution is -2.26. The van der Waals surface area contributed by atoms with E-state index in [4.69, 9.17) is 0 Å². The van der Waals surface area contributed by atoms with E-state index in [1.165, 1.54) is 42.8 Å². The van der Waals surface area contributed by atoms with Gasteiger partial charge in [-0.15, -0.1) is 0 Å². The van der Waals surface area contributed by atoms with E-state index in [1.807, 2.05) is 0 Å². The summed E-state index contributed by atoms with van der Waals surface area (Å²) in [7, 11) is 1.39. The number of nitrogens with zero attached hydrogens (tertiary/aromatic N) is 2. The molecule has 0 bridgehead atoms. The molecule has 138 valence electrons. The molecule has 5 heteroatoms. The molecule has 1 atom stereocenters. The van der Waals surface area contributed by atoms with Crippen molar-refractivity contribution in [2.45, 2.75) is 39.2 Å². The van der Waals surface area contributed by atoms with Crippen LogP contribution in [0.2, 0.25) is 0 Å². The minimum Gasteiger partial charge on any atom is -0.466 e. The van der Waals surface area contributed by atoms with Crippen molar-refractivity contribution in [1.29, 1.82) is 0 Å². The molecule has 26 heavy (non-hydrogen) atoms. The Kier molecular flexibility index (Phi) is 5.89. The third-order valence-corrected chi connectivity index (χ3v) is 5.23. The molecule has 1 aromatic heterocycles. The smallest absolute Gasteiger partial charge is 0.330 e. The molecular weight excluding hydrogens is 326 g/mol. The van der Waals surface area contributed by atoms with Crippen molar-refractivity contribution < 1.29 is 9.53 Å². The number of ether oxygens (including phenoxy) is 1. The van der Waals surface area contributed by atoms with Crippen molar-refractivity contribution in [3.63, 3.8) is 0 Å². The minimum absolute atomic E-state index is 0.333. The molecule has 1 saturated heterocycles. The Morgan fingerprint density at radius 3 is 2.77 bits per heavy atom. The van der Waals surface area contributed by atoms with Crippen molar-refractivity contribution in [2.75, 3.05) is 20.2 Å². The second-order valence-corrected chi connectivity index (χ2v) is 6.88. The number of likely N-dealkylation sites (tertiary alicyclic amines) is 1. The van der Waals surface area contributed by atoms with Gasteiger partial charge in [0.1, 0.15) is 0 Å². The summed E-state index contributed by atoms with van der Waals surface area (Å²) in [6.45, 7) is 6.36. The second-order valence-electron chi connectivity index (χ2n) is 6.88. The number of nitrogens with one attached hydrogen (secondary N) is 1. The highest BCUT2D eigenvalue weighted by atomic mass is 16.5. The van der Waals surface area contributed by atoms with Crippen LogP contribution in [0.25, 0.3) is 6.08 Å². The van der Waals surface area contributed by atoms with Gasteiger partial charge in [0, 0.05) is 24.4 Å². The minimum atomic E-state index is -0.333. The number of methoxy groups -OCH3 is 1.